The van der Waals surface area contributed by atoms with Crippen LogP contribution < -0.4 is 9.47 Å². The minimum atomic E-state index is -0.912. The smallest absolute Gasteiger partial charge is 0.439 e. The third-order valence-corrected chi connectivity index (χ3v) is 4.83. The maximum absolute atomic E-state index is 12.2. The highest BCUT2D eigenvalue weighted by atomic mass is 127. The lowest BCUT2D eigenvalue weighted by atomic mass is 10.3. The first-order chi connectivity index (χ1) is 12.8. The van der Waals surface area contributed by atoms with Gasteiger partial charge < -0.3 is 14.2 Å². The van der Waals surface area contributed by atoms with Crippen LogP contribution in [0.5, 0.6) is 17.2 Å². The standard InChI is InChI=1S/C17H17IN2O5S2/c1-11(16(21)19(26)20(27)17(22)23-2)24-13-7-9-15(10-8-13)25-14-5-3-12(18)4-6-14/h3-11,26-27H,1-2H3. The topological polar surface area (TPSA) is 68.3 Å². The summed E-state index contributed by atoms with van der Waals surface area (Å²) >= 11 is 9.99. The van der Waals surface area contributed by atoms with E-state index in [0.29, 0.717) is 20.3 Å². The number of benzene rings is 2. The maximum Gasteiger partial charge on any atom is 0.439 e. The van der Waals surface area contributed by atoms with Gasteiger partial charge in [-0.3, -0.25) is 4.79 Å². The molecule has 2 rings (SSSR count). The Hall–Kier alpha value is -1.79. The zero-order chi connectivity index (χ0) is 20.0. The van der Waals surface area contributed by atoms with Crippen molar-refractivity contribution in [2.45, 2.75) is 13.0 Å². The van der Waals surface area contributed by atoms with Gasteiger partial charge in [-0.1, -0.05) is 0 Å². The molecule has 0 aliphatic carbocycles. The van der Waals surface area contributed by atoms with Crippen molar-refractivity contribution in [3.8, 4) is 17.2 Å². The number of hydrogen-bond donors (Lipinski definition) is 2. The number of amides is 2. The molecule has 2 aromatic carbocycles. The monoisotopic (exact) mass is 520 g/mol. The Morgan fingerprint density at radius 2 is 1.41 bits per heavy atom. The first kappa shape index (κ1) is 21.5. The lowest BCUT2D eigenvalue weighted by Crippen LogP contribution is -2.44. The predicted octanol–water partition coefficient (Wildman–Crippen LogP) is 4.35. The molecule has 0 radical (unpaired) electrons. The number of nitrogens with zero attached hydrogens (tertiary/aromatic N) is 2. The zero-order valence-electron chi connectivity index (χ0n) is 14.4. The van der Waals surface area contributed by atoms with Crippen LogP contribution in [0.3, 0.4) is 0 Å². The average Bonchev–Trinajstić information content (AvgIpc) is 2.68. The molecule has 0 bridgehead atoms. The van der Waals surface area contributed by atoms with Crippen LogP contribution in [-0.2, 0) is 9.53 Å². The van der Waals surface area contributed by atoms with E-state index in [0.717, 1.165) is 16.4 Å². The molecular weight excluding hydrogens is 503 g/mol. The van der Waals surface area contributed by atoms with Gasteiger partial charge in [-0.25, -0.2) is 4.79 Å². The predicted molar refractivity (Wildman–Crippen MR) is 115 cm³/mol. The van der Waals surface area contributed by atoms with Crippen molar-refractivity contribution in [2.75, 3.05) is 7.11 Å². The van der Waals surface area contributed by atoms with Gasteiger partial charge >= 0.3 is 6.09 Å². The summed E-state index contributed by atoms with van der Waals surface area (Å²) in [6.45, 7) is 1.53. The molecule has 2 aromatic rings. The van der Waals surface area contributed by atoms with Gasteiger partial charge in [0.15, 0.2) is 6.10 Å². The Labute approximate surface area is 181 Å². The van der Waals surface area contributed by atoms with E-state index >= 15 is 0 Å². The molecule has 2 amide bonds. The fourth-order valence-electron chi connectivity index (χ4n) is 1.89. The highest BCUT2D eigenvalue weighted by Crippen LogP contribution is 2.25. The molecule has 0 aromatic heterocycles. The molecule has 27 heavy (non-hydrogen) atoms. The Morgan fingerprint density at radius 1 is 0.926 bits per heavy atom. The first-order valence-corrected chi connectivity index (χ1v) is 9.49. The van der Waals surface area contributed by atoms with Crippen LogP contribution in [0, 0.1) is 3.57 Å². The van der Waals surface area contributed by atoms with Gasteiger partial charge in [0.2, 0.25) is 0 Å². The fraction of sp³-hybridized carbons (Fsp3) is 0.176. The summed E-state index contributed by atoms with van der Waals surface area (Å²) in [6, 6.07) is 14.4. The second-order valence-corrected chi connectivity index (χ2v) is 7.18. The van der Waals surface area contributed by atoms with Crippen LogP contribution in [0.4, 0.5) is 4.79 Å². The van der Waals surface area contributed by atoms with E-state index in [-0.39, 0.29) is 0 Å². The van der Waals surface area contributed by atoms with Crippen molar-refractivity contribution in [3.63, 3.8) is 0 Å². The van der Waals surface area contributed by atoms with Crippen LogP contribution in [0.15, 0.2) is 48.5 Å². The van der Waals surface area contributed by atoms with Gasteiger partial charge in [-0.15, -0.1) is 4.41 Å². The molecule has 10 heteroatoms. The number of hydrogen-bond acceptors (Lipinski definition) is 7. The van der Waals surface area contributed by atoms with E-state index in [4.69, 9.17) is 9.47 Å². The summed E-state index contributed by atoms with van der Waals surface area (Å²) < 4.78 is 18.2. The molecule has 0 spiro atoms. The number of hydrazine groups is 1. The Bertz CT molecular complexity index is 789. The zero-order valence-corrected chi connectivity index (χ0v) is 18.4. The summed E-state index contributed by atoms with van der Waals surface area (Å²) in [7, 11) is 1.16. The minimum absolute atomic E-state index is 0.455. The molecule has 0 fully saturated rings. The van der Waals surface area contributed by atoms with Gasteiger partial charge in [0.25, 0.3) is 5.91 Å². The van der Waals surface area contributed by atoms with E-state index in [2.05, 4.69) is 53.0 Å². The first-order valence-electron chi connectivity index (χ1n) is 7.61. The molecule has 0 heterocycles. The largest absolute Gasteiger partial charge is 0.481 e. The average molecular weight is 520 g/mol. The van der Waals surface area contributed by atoms with Crippen molar-refractivity contribution < 1.29 is 23.8 Å². The van der Waals surface area contributed by atoms with Crippen LogP contribution in [0.25, 0.3) is 0 Å². The Kier molecular flexibility index (Phi) is 7.92. The third-order valence-electron chi connectivity index (χ3n) is 3.25. The molecule has 0 saturated carbocycles. The maximum atomic E-state index is 12.2. The molecule has 0 aliphatic rings. The summed E-state index contributed by atoms with van der Waals surface area (Å²) in [4.78, 5) is 23.6. The third kappa shape index (κ3) is 6.11. The van der Waals surface area contributed by atoms with E-state index in [1.165, 1.54) is 6.92 Å². The van der Waals surface area contributed by atoms with E-state index in [1.807, 2.05) is 24.3 Å². The molecule has 0 saturated heterocycles. The van der Waals surface area contributed by atoms with Gasteiger partial charge in [0.1, 0.15) is 17.2 Å². The van der Waals surface area contributed by atoms with Crippen molar-refractivity contribution in [1.29, 1.82) is 0 Å². The van der Waals surface area contributed by atoms with Crippen molar-refractivity contribution in [3.05, 3.63) is 52.1 Å². The Morgan fingerprint density at radius 3 is 1.93 bits per heavy atom. The SMILES string of the molecule is COC(=O)N(S)N(S)C(=O)C(C)Oc1ccc(Oc2ccc(I)cc2)cc1. The fourth-order valence-corrected chi connectivity index (χ4v) is 2.66. The summed E-state index contributed by atoms with van der Waals surface area (Å²) in [5.74, 6) is 1.20. The van der Waals surface area contributed by atoms with E-state index < -0.39 is 18.1 Å². The molecular formula is C17H17IN2O5S2. The number of ether oxygens (including phenoxy) is 3. The van der Waals surface area contributed by atoms with Crippen molar-refractivity contribution in [2.24, 2.45) is 0 Å². The molecule has 1 unspecified atom stereocenters. The van der Waals surface area contributed by atoms with Gasteiger partial charge in [0.05, 0.1) is 7.11 Å². The van der Waals surface area contributed by atoms with E-state index in [1.54, 1.807) is 24.3 Å². The molecule has 144 valence electrons. The summed E-state index contributed by atoms with van der Waals surface area (Å²) in [5, 5.41) is 0. The van der Waals surface area contributed by atoms with Crippen LogP contribution in [-0.4, -0.2) is 34.0 Å². The highest BCUT2D eigenvalue weighted by Gasteiger charge is 2.27. The quantitative estimate of drug-likeness (QED) is 0.349. The van der Waals surface area contributed by atoms with Gasteiger partial charge in [-0.2, -0.15) is 4.41 Å². The molecule has 0 aliphatic heterocycles. The lowest BCUT2D eigenvalue weighted by molar-refractivity contribution is -0.137. The normalized spacial score (nSPS) is 11.3. The van der Waals surface area contributed by atoms with E-state index in [9.17, 15) is 9.59 Å². The number of thiol groups is 2. The number of methoxy groups -OCH3 is 1. The Balaban J connectivity index is 1.95. The van der Waals surface area contributed by atoms with Gasteiger partial charge in [-0.05, 0) is 104 Å². The molecule has 1 atom stereocenters. The van der Waals surface area contributed by atoms with Crippen LogP contribution >= 0.6 is 48.2 Å². The number of rotatable bonds is 5. The number of carbonyl (C=O) groups is 2. The van der Waals surface area contributed by atoms with Crippen LogP contribution in [0.1, 0.15) is 6.92 Å². The van der Waals surface area contributed by atoms with Crippen LogP contribution in [0.2, 0.25) is 0 Å². The summed E-state index contributed by atoms with van der Waals surface area (Å²) in [6.07, 6.45) is -1.77. The number of halogens is 1. The molecule has 7 nitrogen and oxygen atoms in total. The van der Waals surface area contributed by atoms with Crippen molar-refractivity contribution >= 4 is 60.2 Å². The van der Waals surface area contributed by atoms with Gasteiger partial charge in [0, 0.05) is 3.57 Å². The number of carbonyl (C=O) groups excluding carboxylic acids is 2. The lowest BCUT2D eigenvalue weighted by Gasteiger charge is -2.26. The minimum Gasteiger partial charge on any atom is -0.481 e. The second kappa shape index (κ2) is 9.95. The molecule has 0 N–H and O–H groups in total. The summed E-state index contributed by atoms with van der Waals surface area (Å²) in [5.41, 5.74) is 0. The van der Waals surface area contributed by atoms with Crippen molar-refractivity contribution in [1.82, 2.24) is 8.83 Å². The second-order valence-electron chi connectivity index (χ2n) is 5.17. The highest BCUT2D eigenvalue weighted by molar-refractivity contribution is 14.1.